The molecule has 0 radical (unpaired) electrons. The number of likely N-dealkylation sites (tertiary alicyclic amines) is 1. The lowest BCUT2D eigenvalue weighted by atomic mass is 10.1. The Hall–Kier alpha value is -1.10. The predicted molar refractivity (Wildman–Crippen MR) is 75.2 cm³/mol. The molecule has 1 unspecified atom stereocenters. The summed E-state index contributed by atoms with van der Waals surface area (Å²) in [4.78, 5) is 14.3. The third-order valence-electron chi connectivity index (χ3n) is 3.87. The summed E-state index contributed by atoms with van der Waals surface area (Å²) in [6, 6.07) is 5.89. The number of nitrogens with zero attached hydrogens (tertiary/aromatic N) is 1. The van der Waals surface area contributed by atoms with Crippen molar-refractivity contribution < 1.29 is 9.53 Å². The zero-order valence-electron chi connectivity index (χ0n) is 10.8. The molecule has 4 nitrogen and oxygen atoms in total. The van der Waals surface area contributed by atoms with Gasteiger partial charge in [-0.2, -0.15) is 0 Å². The standard InChI is InChI=1S/C14H18N2O2.ClH/c15-6-10-3-4-16(7-10)14(17)11-1-2-12-8-18-9-13(12)5-11;/h1-2,5,10H,3-4,6-9,15H2;1H. The first kappa shape index (κ1) is 14.3. The van der Waals surface area contributed by atoms with Crippen LogP contribution in [0.4, 0.5) is 0 Å². The minimum Gasteiger partial charge on any atom is -0.372 e. The molecular weight excluding hydrogens is 264 g/mol. The van der Waals surface area contributed by atoms with Gasteiger partial charge >= 0.3 is 0 Å². The Balaban J connectivity index is 0.00000133. The van der Waals surface area contributed by atoms with Crippen LogP contribution >= 0.6 is 12.4 Å². The summed E-state index contributed by atoms with van der Waals surface area (Å²) in [5.41, 5.74) is 8.78. The van der Waals surface area contributed by atoms with Crippen molar-refractivity contribution in [3.8, 4) is 0 Å². The van der Waals surface area contributed by atoms with Gasteiger partial charge < -0.3 is 15.4 Å². The van der Waals surface area contributed by atoms with Crippen LogP contribution in [0.15, 0.2) is 18.2 Å². The maximum Gasteiger partial charge on any atom is 0.253 e. The van der Waals surface area contributed by atoms with Crippen LogP contribution in [0.1, 0.15) is 27.9 Å². The predicted octanol–water partition coefficient (Wildman–Crippen LogP) is 1.56. The van der Waals surface area contributed by atoms with E-state index in [1.165, 1.54) is 5.56 Å². The molecule has 5 heteroatoms. The number of carbonyl (C=O) groups excluding carboxylic acids is 1. The van der Waals surface area contributed by atoms with E-state index in [0.717, 1.165) is 30.6 Å². The molecule has 1 aromatic carbocycles. The van der Waals surface area contributed by atoms with Crippen LogP contribution in [-0.4, -0.2) is 30.4 Å². The molecule has 1 fully saturated rings. The van der Waals surface area contributed by atoms with Crippen molar-refractivity contribution in [3.05, 3.63) is 34.9 Å². The topological polar surface area (TPSA) is 55.6 Å². The molecule has 0 spiro atoms. The highest BCUT2D eigenvalue weighted by molar-refractivity contribution is 5.94. The number of hydrogen-bond acceptors (Lipinski definition) is 3. The van der Waals surface area contributed by atoms with E-state index in [-0.39, 0.29) is 18.3 Å². The van der Waals surface area contributed by atoms with E-state index in [1.54, 1.807) is 0 Å². The average molecular weight is 283 g/mol. The quantitative estimate of drug-likeness (QED) is 0.896. The summed E-state index contributed by atoms with van der Waals surface area (Å²) < 4.78 is 5.37. The second kappa shape index (κ2) is 5.90. The number of nitrogens with two attached hydrogens (primary N) is 1. The lowest BCUT2D eigenvalue weighted by molar-refractivity contribution is 0.0787. The summed E-state index contributed by atoms with van der Waals surface area (Å²) in [7, 11) is 0. The first-order valence-corrected chi connectivity index (χ1v) is 6.47. The van der Waals surface area contributed by atoms with E-state index in [0.29, 0.717) is 25.7 Å². The normalized spacial score (nSPS) is 21.1. The van der Waals surface area contributed by atoms with Gasteiger partial charge in [-0.1, -0.05) is 6.07 Å². The van der Waals surface area contributed by atoms with Gasteiger partial charge in [-0.3, -0.25) is 4.79 Å². The number of fused-ring (bicyclic) bond motifs is 1. The number of benzene rings is 1. The first-order valence-electron chi connectivity index (χ1n) is 6.47. The van der Waals surface area contributed by atoms with E-state index in [2.05, 4.69) is 0 Å². The molecule has 19 heavy (non-hydrogen) atoms. The Kier molecular flexibility index (Phi) is 4.45. The van der Waals surface area contributed by atoms with Crippen molar-refractivity contribution in [3.63, 3.8) is 0 Å². The molecule has 0 aromatic heterocycles. The SMILES string of the molecule is Cl.NCC1CCN(C(=O)c2ccc3c(c2)COC3)C1. The second-order valence-electron chi connectivity index (χ2n) is 5.12. The summed E-state index contributed by atoms with van der Waals surface area (Å²) in [6.07, 6.45) is 1.02. The van der Waals surface area contributed by atoms with E-state index in [9.17, 15) is 4.79 Å². The Bertz CT molecular complexity index is 479. The lowest BCUT2D eigenvalue weighted by Gasteiger charge is -2.16. The molecule has 1 saturated heterocycles. The van der Waals surface area contributed by atoms with Crippen molar-refractivity contribution in [1.82, 2.24) is 4.90 Å². The number of ether oxygens (including phenoxy) is 1. The Morgan fingerprint density at radius 2 is 2.16 bits per heavy atom. The highest BCUT2D eigenvalue weighted by Crippen LogP contribution is 2.23. The summed E-state index contributed by atoms with van der Waals surface area (Å²) in [6.45, 7) is 3.59. The van der Waals surface area contributed by atoms with Crippen LogP contribution < -0.4 is 5.73 Å². The van der Waals surface area contributed by atoms with Gasteiger partial charge in [-0.05, 0) is 42.1 Å². The fourth-order valence-corrected chi connectivity index (χ4v) is 2.70. The Morgan fingerprint density at radius 1 is 1.37 bits per heavy atom. The molecule has 1 amide bonds. The van der Waals surface area contributed by atoms with Gasteiger partial charge in [0.15, 0.2) is 0 Å². The molecular formula is C14H19ClN2O2. The molecule has 1 aromatic rings. The van der Waals surface area contributed by atoms with Crippen LogP contribution in [-0.2, 0) is 18.0 Å². The number of hydrogen-bond donors (Lipinski definition) is 1. The average Bonchev–Trinajstić information content (AvgIpc) is 3.05. The van der Waals surface area contributed by atoms with Gasteiger partial charge in [0.2, 0.25) is 0 Å². The molecule has 0 saturated carbocycles. The van der Waals surface area contributed by atoms with Gasteiger partial charge in [0.1, 0.15) is 0 Å². The molecule has 2 aliphatic rings. The molecule has 3 rings (SSSR count). The third kappa shape index (κ3) is 2.76. The van der Waals surface area contributed by atoms with Crippen molar-refractivity contribution in [2.24, 2.45) is 11.7 Å². The van der Waals surface area contributed by atoms with Crippen molar-refractivity contribution in [2.75, 3.05) is 19.6 Å². The van der Waals surface area contributed by atoms with Gasteiger partial charge in [0.05, 0.1) is 13.2 Å². The van der Waals surface area contributed by atoms with Crippen LogP contribution in [0.2, 0.25) is 0 Å². The van der Waals surface area contributed by atoms with Gasteiger partial charge in [-0.15, -0.1) is 12.4 Å². The monoisotopic (exact) mass is 282 g/mol. The van der Waals surface area contributed by atoms with Crippen LogP contribution in [0.5, 0.6) is 0 Å². The highest BCUT2D eigenvalue weighted by atomic mass is 35.5. The smallest absolute Gasteiger partial charge is 0.253 e. The molecule has 104 valence electrons. The highest BCUT2D eigenvalue weighted by Gasteiger charge is 2.26. The van der Waals surface area contributed by atoms with E-state index < -0.39 is 0 Å². The number of rotatable bonds is 2. The lowest BCUT2D eigenvalue weighted by Crippen LogP contribution is -2.29. The third-order valence-corrected chi connectivity index (χ3v) is 3.87. The zero-order valence-corrected chi connectivity index (χ0v) is 11.6. The van der Waals surface area contributed by atoms with Crippen molar-refractivity contribution in [1.29, 1.82) is 0 Å². The Labute approximate surface area is 119 Å². The molecule has 2 N–H and O–H groups in total. The number of carbonyl (C=O) groups is 1. The van der Waals surface area contributed by atoms with Crippen LogP contribution in [0, 0.1) is 5.92 Å². The van der Waals surface area contributed by atoms with Gasteiger partial charge in [0.25, 0.3) is 5.91 Å². The van der Waals surface area contributed by atoms with Crippen LogP contribution in [0.3, 0.4) is 0 Å². The van der Waals surface area contributed by atoms with E-state index >= 15 is 0 Å². The van der Waals surface area contributed by atoms with Gasteiger partial charge in [0, 0.05) is 18.7 Å². The fourth-order valence-electron chi connectivity index (χ4n) is 2.70. The summed E-state index contributed by atoms with van der Waals surface area (Å²) >= 11 is 0. The van der Waals surface area contributed by atoms with Gasteiger partial charge in [-0.25, -0.2) is 0 Å². The second-order valence-corrected chi connectivity index (χ2v) is 5.12. The zero-order chi connectivity index (χ0) is 12.5. The van der Waals surface area contributed by atoms with Crippen LogP contribution in [0.25, 0.3) is 0 Å². The largest absolute Gasteiger partial charge is 0.372 e. The summed E-state index contributed by atoms with van der Waals surface area (Å²) in [5.74, 6) is 0.590. The maximum atomic E-state index is 12.4. The number of halogens is 1. The molecule has 0 aliphatic carbocycles. The molecule has 1 atom stereocenters. The first-order chi connectivity index (χ1) is 8.78. The summed E-state index contributed by atoms with van der Waals surface area (Å²) in [5, 5.41) is 0. The Morgan fingerprint density at radius 3 is 2.89 bits per heavy atom. The molecule has 2 aliphatic heterocycles. The maximum absolute atomic E-state index is 12.4. The number of amides is 1. The van der Waals surface area contributed by atoms with Crippen molar-refractivity contribution >= 4 is 18.3 Å². The van der Waals surface area contributed by atoms with E-state index in [4.69, 9.17) is 10.5 Å². The van der Waals surface area contributed by atoms with E-state index in [1.807, 2.05) is 23.1 Å². The minimum atomic E-state index is 0. The minimum absolute atomic E-state index is 0. The van der Waals surface area contributed by atoms with Crippen molar-refractivity contribution in [2.45, 2.75) is 19.6 Å². The molecule has 0 bridgehead atoms. The fraction of sp³-hybridized carbons (Fsp3) is 0.500. The molecule has 2 heterocycles.